The highest BCUT2D eigenvalue weighted by molar-refractivity contribution is 5.73. The zero-order valence-electron chi connectivity index (χ0n) is 10.8. The van der Waals surface area contributed by atoms with Crippen LogP contribution in [0.4, 0.5) is 18.0 Å². The van der Waals surface area contributed by atoms with Gasteiger partial charge in [-0.25, -0.2) is 18.0 Å². The number of hydrogen-bond donors (Lipinski definition) is 2. The zero-order chi connectivity index (χ0) is 14.4. The summed E-state index contributed by atoms with van der Waals surface area (Å²) in [6.45, 7) is 0.793. The Morgan fingerprint density at radius 1 is 1.11 bits per heavy atom. The zero-order valence-corrected chi connectivity index (χ0v) is 10.8. The first-order valence-electron chi connectivity index (χ1n) is 5.71. The van der Waals surface area contributed by atoms with Crippen LogP contribution in [0.2, 0.25) is 0 Å². The fourth-order valence-electron chi connectivity index (χ4n) is 1.34. The number of nitrogens with zero attached hydrogens (tertiary/aromatic N) is 1. The average Bonchev–Trinajstić information content (AvgIpc) is 2.34. The van der Waals surface area contributed by atoms with Gasteiger partial charge >= 0.3 is 6.03 Å². The van der Waals surface area contributed by atoms with E-state index in [2.05, 4.69) is 10.6 Å². The van der Waals surface area contributed by atoms with Crippen LogP contribution in [0.3, 0.4) is 0 Å². The molecule has 0 bridgehead atoms. The maximum absolute atomic E-state index is 13.3. The largest absolute Gasteiger partial charge is 0.337 e. The highest BCUT2D eigenvalue weighted by Crippen LogP contribution is 2.13. The Morgan fingerprint density at radius 2 is 1.74 bits per heavy atom. The molecule has 0 aliphatic carbocycles. The molecule has 7 heteroatoms. The molecular weight excluding hydrogens is 259 g/mol. The van der Waals surface area contributed by atoms with E-state index >= 15 is 0 Å². The maximum Gasteiger partial charge on any atom is 0.316 e. The second kappa shape index (κ2) is 6.98. The fraction of sp³-hybridized carbons (Fsp3) is 0.417. The van der Waals surface area contributed by atoms with Gasteiger partial charge in [0.15, 0.2) is 11.6 Å². The van der Waals surface area contributed by atoms with E-state index < -0.39 is 17.5 Å². The number of rotatable bonds is 5. The minimum Gasteiger partial charge on any atom is -0.337 e. The molecule has 0 aliphatic heterocycles. The van der Waals surface area contributed by atoms with Crippen LogP contribution < -0.4 is 10.6 Å². The molecule has 1 aromatic carbocycles. The quantitative estimate of drug-likeness (QED) is 0.631. The van der Waals surface area contributed by atoms with Gasteiger partial charge in [-0.05, 0) is 6.07 Å². The molecule has 0 radical (unpaired) electrons. The molecular formula is C12H16F3N3O. The molecule has 2 amide bonds. The summed E-state index contributed by atoms with van der Waals surface area (Å²) in [6, 6.07) is 1.09. The third kappa shape index (κ3) is 4.78. The SMILES string of the molecule is CN(C)C(=O)NCCNCc1cc(F)c(F)cc1F. The van der Waals surface area contributed by atoms with Crippen LogP contribution in [0.25, 0.3) is 0 Å². The summed E-state index contributed by atoms with van der Waals surface area (Å²) in [5.41, 5.74) is 0.0397. The average molecular weight is 275 g/mol. The van der Waals surface area contributed by atoms with Gasteiger partial charge in [-0.3, -0.25) is 0 Å². The van der Waals surface area contributed by atoms with E-state index in [1.807, 2.05) is 0 Å². The lowest BCUT2D eigenvalue weighted by molar-refractivity contribution is 0.217. The van der Waals surface area contributed by atoms with E-state index in [-0.39, 0.29) is 18.1 Å². The topological polar surface area (TPSA) is 44.4 Å². The molecule has 0 saturated heterocycles. The first-order chi connectivity index (χ1) is 8.91. The van der Waals surface area contributed by atoms with Crippen LogP contribution in [0.1, 0.15) is 5.56 Å². The van der Waals surface area contributed by atoms with Crippen LogP contribution in [-0.2, 0) is 6.54 Å². The van der Waals surface area contributed by atoms with Gasteiger partial charge in [0.2, 0.25) is 0 Å². The molecule has 4 nitrogen and oxygen atoms in total. The normalized spacial score (nSPS) is 10.4. The van der Waals surface area contributed by atoms with E-state index in [0.29, 0.717) is 19.2 Å². The lowest BCUT2D eigenvalue weighted by Crippen LogP contribution is -2.38. The summed E-state index contributed by atoms with van der Waals surface area (Å²) in [5.74, 6) is -3.10. The van der Waals surface area contributed by atoms with E-state index in [1.54, 1.807) is 14.1 Å². The van der Waals surface area contributed by atoms with Crippen molar-refractivity contribution < 1.29 is 18.0 Å². The lowest BCUT2D eigenvalue weighted by Gasteiger charge is -2.12. The number of carbonyl (C=O) groups excluding carboxylic acids is 1. The molecule has 19 heavy (non-hydrogen) atoms. The van der Waals surface area contributed by atoms with Crippen LogP contribution in [0, 0.1) is 17.5 Å². The van der Waals surface area contributed by atoms with E-state index in [0.717, 1.165) is 6.07 Å². The standard InChI is InChI=1S/C12H16F3N3O/c1-18(2)12(19)17-4-3-16-7-8-5-10(14)11(15)6-9(8)13/h5-6,16H,3-4,7H2,1-2H3,(H,17,19). The highest BCUT2D eigenvalue weighted by atomic mass is 19.2. The Balaban J connectivity index is 2.34. The highest BCUT2D eigenvalue weighted by Gasteiger charge is 2.09. The second-order valence-electron chi connectivity index (χ2n) is 4.16. The van der Waals surface area contributed by atoms with Crippen LogP contribution in [-0.4, -0.2) is 38.1 Å². The summed E-state index contributed by atoms with van der Waals surface area (Å²) in [4.78, 5) is 12.5. The van der Waals surface area contributed by atoms with Crippen LogP contribution >= 0.6 is 0 Å². The van der Waals surface area contributed by atoms with Gasteiger partial charge in [0, 0.05) is 45.4 Å². The van der Waals surface area contributed by atoms with Crippen molar-refractivity contribution in [1.29, 1.82) is 0 Å². The molecule has 1 rings (SSSR count). The second-order valence-corrected chi connectivity index (χ2v) is 4.16. The summed E-state index contributed by atoms with van der Waals surface area (Å²) in [6.07, 6.45) is 0. The van der Waals surface area contributed by atoms with E-state index in [1.165, 1.54) is 4.90 Å². The number of amides is 2. The lowest BCUT2D eigenvalue weighted by atomic mass is 10.2. The van der Waals surface area contributed by atoms with Crippen molar-refractivity contribution in [1.82, 2.24) is 15.5 Å². The number of nitrogens with one attached hydrogen (secondary N) is 2. The summed E-state index contributed by atoms with van der Waals surface area (Å²) >= 11 is 0. The summed E-state index contributed by atoms with van der Waals surface area (Å²) in [5, 5.41) is 5.42. The smallest absolute Gasteiger partial charge is 0.316 e. The number of halogens is 3. The predicted octanol–water partition coefficient (Wildman–Crippen LogP) is 1.46. The number of carbonyl (C=O) groups is 1. The fourth-order valence-corrected chi connectivity index (χ4v) is 1.34. The number of hydrogen-bond acceptors (Lipinski definition) is 2. The monoisotopic (exact) mass is 275 g/mol. The van der Waals surface area contributed by atoms with Gasteiger partial charge in [-0.15, -0.1) is 0 Å². The molecule has 106 valence electrons. The molecule has 0 fully saturated rings. The molecule has 0 spiro atoms. The molecule has 1 aromatic rings. The molecule has 0 saturated carbocycles. The minimum absolute atomic E-state index is 0.0397. The molecule has 0 aromatic heterocycles. The third-order valence-electron chi connectivity index (χ3n) is 2.39. The van der Waals surface area contributed by atoms with Crippen molar-refractivity contribution in [3.05, 3.63) is 35.1 Å². The molecule has 2 N–H and O–H groups in total. The third-order valence-corrected chi connectivity index (χ3v) is 2.39. The van der Waals surface area contributed by atoms with Crippen molar-refractivity contribution in [2.45, 2.75) is 6.54 Å². The maximum atomic E-state index is 13.3. The van der Waals surface area contributed by atoms with Gasteiger partial charge in [0.25, 0.3) is 0 Å². The first kappa shape index (κ1) is 15.3. The Kier molecular flexibility index (Phi) is 5.62. The van der Waals surface area contributed by atoms with Gasteiger partial charge in [0.1, 0.15) is 5.82 Å². The van der Waals surface area contributed by atoms with E-state index in [9.17, 15) is 18.0 Å². The number of urea groups is 1. The van der Waals surface area contributed by atoms with Crippen molar-refractivity contribution >= 4 is 6.03 Å². The Hall–Kier alpha value is -1.76. The summed E-state index contributed by atoms with van der Waals surface area (Å²) < 4.78 is 38.8. The number of benzene rings is 1. The van der Waals surface area contributed by atoms with Gasteiger partial charge in [0.05, 0.1) is 0 Å². The molecule has 0 heterocycles. The van der Waals surface area contributed by atoms with Gasteiger partial charge in [-0.2, -0.15) is 0 Å². The predicted molar refractivity (Wildman–Crippen MR) is 65.1 cm³/mol. The van der Waals surface area contributed by atoms with Gasteiger partial charge < -0.3 is 15.5 Å². The first-order valence-corrected chi connectivity index (χ1v) is 5.71. The summed E-state index contributed by atoms with van der Waals surface area (Å²) in [7, 11) is 3.22. The van der Waals surface area contributed by atoms with Crippen LogP contribution in [0.5, 0.6) is 0 Å². The van der Waals surface area contributed by atoms with Crippen molar-refractivity contribution in [2.75, 3.05) is 27.2 Å². The molecule has 0 aliphatic rings. The minimum atomic E-state index is -1.21. The Morgan fingerprint density at radius 3 is 2.37 bits per heavy atom. The molecule has 0 atom stereocenters. The van der Waals surface area contributed by atoms with Gasteiger partial charge in [-0.1, -0.05) is 0 Å². The van der Waals surface area contributed by atoms with Crippen molar-refractivity contribution in [2.24, 2.45) is 0 Å². The van der Waals surface area contributed by atoms with E-state index in [4.69, 9.17) is 0 Å². The Bertz CT molecular complexity index is 452. The molecule has 0 unspecified atom stereocenters. The Labute approximate surface area is 109 Å². The van der Waals surface area contributed by atoms with Crippen molar-refractivity contribution in [3.8, 4) is 0 Å². The van der Waals surface area contributed by atoms with Crippen molar-refractivity contribution in [3.63, 3.8) is 0 Å². The van der Waals surface area contributed by atoms with Crippen LogP contribution in [0.15, 0.2) is 12.1 Å².